The number of nitrogens with zero attached hydrogens (tertiary/aromatic N) is 4. The molecule has 2 aromatic heterocycles. The third-order valence-electron chi connectivity index (χ3n) is 5.25. The first-order chi connectivity index (χ1) is 14.6. The molecule has 0 saturated heterocycles. The van der Waals surface area contributed by atoms with E-state index in [1.54, 1.807) is 6.20 Å². The average molecular weight is 399 g/mol. The Labute approximate surface area is 176 Å². The molecule has 0 atom stereocenters. The molecule has 0 aliphatic carbocycles. The summed E-state index contributed by atoms with van der Waals surface area (Å²) in [7, 11) is 0. The van der Waals surface area contributed by atoms with Gasteiger partial charge in [-0.25, -0.2) is 9.97 Å². The van der Waals surface area contributed by atoms with Crippen LogP contribution >= 0.6 is 0 Å². The second-order valence-electron chi connectivity index (χ2n) is 7.40. The quantitative estimate of drug-likeness (QED) is 0.515. The van der Waals surface area contributed by atoms with Crippen molar-refractivity contribution in [2.75, 3.05) is 0 Å². The van der Waals surface area contributed by atoms with E-state index in [0.717, 1.165) is 35.9 Å². The van der Waals surface area contributed by atoms with Crippen LogP contribution in [-0.2, 0) is 19.6 Å². The molecular weight excluding hydrogens is 374 g/mol. The van der Waals surface area contributed by atoms with E-state index in [-0.39, 0.29) is 5.91 Å². The van der Waals surface area contributed by atoms with Gasteiger partial charge >= 0.3 is 0 Å². The monoisotopic (exact) mass is 399 g/mol. The number of imidazole rings is 2. The van der Waals surface area contributed by atoms with Gasteiger partial charge in [0.15, 0.2) is 0 Å². The summed E-state index contributed by atoms with van der Waals surface area (Å²) in [5, 5.41) is 2.99. The highest BCUT2D eigenvalue weighted by Gasteiger charge is 2.07. The van der Waals surface area contributed by atoms with Crippen LogP contribution in [0.3, 0.4) is 0 Å². The summed E-state index contributed by atoms with van der Waals surface area (Å²) in [6.07, 6.45) is 7.54. The lowest BCUT2D eigenvalue weighted by atomic mass is 10.1. The van der Waals surface area contributed by atoms with Crippen molar-refractivity contribution in [1.29, 1.82) is 0 Å². The molecule has 0 unspecified atom stereocenters. The molecule has 0 aliphatic heterocycles. The van der Waals surface area contributed by atoms with Crippen LogP contribution in [0.1, 0.15) is 38.7 Å². The molecule has 2 aromatic carbocycles. The molecule has 0 saturated carbocycles. The van der Waals surface area contributed by atoms with Crippen molar-refractivity contribution in [2.24, 2.45) is 0 Å². The standard InChI is InChI=1S/C24H25N5O/c1-18-25-11-13-28(18)16-21-5-3-20(4-6-21)15-27-24(30)23-9-7-22(8-10-23)17-29-14-12-26-19(29)2/h3-14H,15-17H2,1-2H3,(H,27,30). The minimum atomic E-state index is -0.0709. The van der Waals surface area contributed by atoms with Gasteiger partial charge in [-0.1, -0.05) is 36.4 Å². The lowest BCUT2D eigenvalue weighted by Crippen LogP contribution is -2.22. The zero-order valence-corrected chi connectivity index (χ0v) is 17.2. The zero-order valence-electron chi connectivity index (χ0n) is 17.2. The van der Waals surface area contributed by atoms with E-state index >= 15 is 0 Å². The zero-order chi connectivity index (χ0) is 20.9. The number of aryl methyl sites for hydroxylation is 2. The highest BCUT2D eigenvalue weighted by atomic mass is 16.1. The van der Waals surface area contributed by atoms with E-state index in [9.17, 15) is 4.79 Å². The van der Waals surface area contributed by atoms with Crippen molar-refractivity contribution in [1.82, 2.24) is 24.4 Å². The number of nitrogens with one attached hydrogen (secondary N) is 1. The molecule has 0 radical (unpaired) electrons. The van der Waals surface area contributed by atoms with Crippen molar-refractivity contribution in [3.8, 4) is 0 Å². The van der Waals surface area contributed by atoms with Crippen LogP contribution < -0.4 is 5.32 Å². The van der Waals surface area contributed by atoms with Crippen LogP contribution in [0.5, 0.6) is 0 Å². The molecule has 6 nitrogen and oxygen atoms in total. The van der Waals surface area contributed by atoms with Crippen molar-refractivity contribution in [3.63, 3.8) is 0 Å². The molecule has 30 heavy (non-hydrogen) atoms. The Morgan fingerprint density at radius 1 is 0.767 bits per heavy atom. The molecule has 4 aromatic rings. The Bertz CT molecular complexity index is 1120. The van der Waals surface area contributed by atoms with Crippen LogP contribution in [0.25, 0.3) is 0 Å². The number of hydrogen-bond acceptors (Lipinski definition) is 3. The first-order valence-corrected chi connectivity index (χ1v) is 9.99. The summed E-state index contributed by atoms with van der Waals surface area (Å²) in [5.74, 6) is 1.90. The number of amides is 1. The van der Waals surface area contributed by atoms with Gasteiger partial charge in [-0.2, -0.15) is 0 Å². The average Bonchev–Trinajstić information content (AvgIpc) is 3.35. The topological polar surface area (TPSA) is 64.7 Å². The molecule has 0 spiro atoms. The number of aromatic nitrogens is 4. The molecule has 1 amide bonds. The molecule has 1 N–H and O–H groups in total. The Morgan fingerprint density at radius 2 is 1.23 bits per heavy atom. The van der Waals surface area contributed by atoms with E-state index < -0.39 is 0 Å². The van der Waals surface area contributed by atoms with Crippen molar-refractivity contribution in [2.45, 2.75) is 33.5 Å². The predicted octanol–water partition coefficient (Wildman–Crippen LogP) is 3.72. The van der Waals surface area contributed by atoms with Gasteiger partial charge in [0.25, 0.3) is 5.91 Å². The summed E-state index contributed by atoms with van der Waals surface area (Å²) in [6.45, 7) is 6.02. The molecule has 2 heterocycles. The van der Waals surface area contributed by atoms with Gasteiger partial charge in [-0.3, -0.25) is 4.79 Å². The first kappa shape index (κ1) is 19.6. The fourth-order valence-corrected chi connectivity index (χ4v) is 3.34. The highest BCUT2D eigenvalue weighted by molar-refractivity contribution is 5.94. The van der Waals surface area contributed by atoms with Gasteiger partial charge < -0.3 is 14.5 Å². The molecule has 152 valence electrons. The van der Waals surface area contributed by atoms with Gasteiger partial charge in [-0.05, 0) is 42.7 Å². The smallest absolute Gasteiger partial charge is 0.251 e. The van der Waals surface area contributed by atoms with Gasteiger partial charge in [0.1, 0.15) is 11.6 Å². The number of hydrogen-bond donors (Lipinski definition) is 1. The van der Waals surface area contributed by atoms with Crippen LogP contribution in [0.2, 0.25) is 0 Å². The van der Waals surface area contributed by atoms with E-state index in [1.807, 2.05) is 56.7 Å². The van der Waals surface area contributed by atoms with Crippen molar-refractivity contribution in [3.05, 3.63) is 107 Å². The summed E-state index contributed by atoms with van der Waals surface area (Å²) in [6, 6.07) is 16.0. The van der Waals surface area contributed by atoms with E-state index in [4.69, 9.17) is 0 Å². The maximum absolute atomic E-state index is 12.5. The second kappa shape index (κ2) is 8.78. The Balaban J connectivity index is 1.31. The Morgan fingerprint density at radius 3 is 1.70 bits per heavy atom. The van der Waals surface area contributed by atoms with Gasteiger partial charge in [-0.15, -0.1) is 0 Å². The third kappa shape index (κ3) is 4.66. The van der Waals surface area contributed by atoms with Crippen LogP contribution in [-0.4, -0.2) is 25.0 Å². The van der Waals surface area contributed by atoms with E-state index in [2.05, 4.69) is 48.7 Å². The Hall–Kier alpha value is -3.67. The first-order valence-electron chi connectivity index (χ1n) is 9.99. The maximum atomic E-state index is 12.5. The summed E-state index contributed by atoms with van der Waals surface area (Å²) in [5.41, 5.74) is 4.07. The minimum absolute atomic E-state index is 0.0709. The second-order valence-corrected chi connectivity index (χ2v) is 7.40. The number of benzene rings is 2. The van der Waals surface area contributed by atoms with Crippen LogP contribution in [0, 0.1) is 13.8 Å². The summed E-state index contributed by atoms with van der Waals surface area (Å²) in [4.78, 5) is 21.0. The fourth-order valence-electron chi connectivity index (χ4n) is 3.34. The normalized spacial score (nSPS) is 10.9. The molecule has 0 aliphatic rings. The van der Waals surface area contributed by atoms with Crippen LogP contribution in [0.15, 0.2) is 73.3 Å². The lowest BCUT2D eigenvalue weighted by molar-refractivity contribution is 0.0951. The molecule has 0 fully saturated rings. The lowest BCUT2D eigenvalue weighted by Gasteiger charge is -2.09. The largest absolute Gasteiger partial charge is 0.348 e. The van der Waals surface area contributed by atoms with Gasteiger partial charge in [0.2, 0.25) is 0 Å². The van der Waals surface area contributed by atoms with E-state index in [0.29, 0.717) is 12.1 Å². The summed E-state index contributed by atoms with van der Waals surface area (Å²) < 4.78 is 4.18. The number of carbonyl (C=O) groups is 1. The molecule has 6 heteroatoms. The fraction of sp³-hybridized carbons (Fsp3) is 0.208. The molecule has 4 rings (SSSR count). The SMILES string of the molecule is Cc1nccn1Cc1ccc(CNC(=O)c2ccc(Cn3ccnc3C)cc2)cc1. The third-order valence-corrected chi connectivity index (χ3v) is 5.25. The molecule has 0 bridgehead atoms. The maximum Gasteiger partial charge on any atom is 0.251 e. The predicted molar refractivity (Wildman–Crippen MR) is 116 cm³/mol. The van der Waals surface area contributed by atoms with Crippen molar-refractivity contribution < 1.29 is 4.79 Å². The summed E-state index contributed by atoms with van der Waals surface area (Å²) >= 11 is 0. The van der Waals surface area contributed by atoms with Gasteiger partial charge in [0, 0.05) is 50.0 Å². The van der Waals surface area contributed by atoms with Gasteiger partial charge in [0.05, 0.1) is 0 Å². The minimum Gasteiger partial charge on any atom is -0.348 e. The molecular formula is C24H25N5O. The number of rotatable bonds is 7. The van der Waals surface area contributed by atoms with Crippen molar-refractivity contribution >= 4 is 5.91 Å². The highest BCUT2D eigenvalue weighted by Crippen LogP contribution is 2.10. The number of carbonyl (C=O) groups excluding carboxylic acids is 1. The Kier molecular flexibility index (Phi) is 5.75. The van der Waals surface area contributed by atoms with Crippen LogP contribution in [0.4, 0.5) is 0 Å². The van der Waals surface area contributed by atoms with E-state index in [1.165, 1.54) is 5.56 Å².